The van der Waals surface area contributed by atoms with Crippen molar-refractivity contribution in [2.45, 2.75) is 12.2 Å². The summed E-state index contributed by atoms with van der Waals surface area (Å²) in [6.07, 6.45) is 0. The first-order valence-electron chi connectivity index (χ1n) is 8.06. The van der Waals surface area contributed by atoms with Crippen LogP contribution < -0.4 is 5.32 Å². The highest BCUT2D eigenvalue weighted by Crippen LogP contribution is 2.44. The number of hydrogen-bond acceptors (Lipinski definition) is 3. The van der Waals surface area contributed by atoms with Gasteiger partial charge in [-0.25, -0.2) is 13.5 Å². The zero-order valence-corrected chi connectivity index (χ0v) is 14.7. The Balaban J connectivity index is 1.93. The van der Waals surface area contributed by atoms with E-state index in [9.17, 15) is 13.6 Å². The van der Waals surface area contributed by atoms with Crippen molar-refractivity contribution >= 4 is 23.5 Å². The largest absolute Gasteiger partial charge is 0.310 e. The molecule has 0 spiro atoms. The Morgan fingerprint density at radius 2 is 1.92 bits per heavy atom. The highest BCUT2D eigenvalue weighted by Gasteiger charge is 2.32. The molecule has 26 heavy (non-hydrogen) atoms. The minimum atomic E-state index is -0.902. The Bertz CT molecular complexity index is 988. The standard InChI is InChI=1S/C19H15F2N3OS/c1-11-16-18(13-8-5-9-14(20)17(13)21)26-10-15(25)22-19(16)24(23-11)12-6-3-2-4-7-12/h2-9,18H,10H2,1H3,(H,22,25)/t18-/m1/s1. The normalized spacial score (nSPS) is 16.7. The monoisotopic (exact) mass is 371 g/mol. The average molecular weight is 371 g/mol. The number of rotatable bonds is 2. The number of anilines is 1. The second kappa shape index (κ2) is 6.57. The van der Waals surface area contributed by atoms with E-state index in [-0.39, 0.29) is 17.2 Å². The third-order valence-corrected chi connectivity index (χ3v) is 5.52. The number of amides is 1. The van der Waals surface area contributed by atoms with Gasteiger partial charge in [-0.2, -0.15) is 5.10 Å². The summed E-state index contributed by atoms with van der Waals surface area (Å²) in [5.74, 6) is -1.35. The fourth-order valence-corrected chi connectivity index (χ4v) is 4.31. The summed E-state index contributed by atoms with van der Waals surface area (Å²) in [6.45, 7) is 1.81. The van der Waals surface area contributed by atoms with Crippen molar-refractivity contribution in [3.8, 4) is 5.69 Å². The van der Waals surface area contributed by atoms with Crippen molar-refractivity contribution in [3.05, 3.63) is 77.0 Å². The van der Waals surface area contributed by atoms with Crippen molar-refractivity contribution in [2.75, 3.05) is 11.1 Å². The van der Waals surface area contributed by atoms with Crippen LogP contribution in [-0.2, 0) is 4.79 Å². The Morgan fingerprint density at radius 3 is 2.69 bits per heavy atom. The Kier molecular flexibility index (Phi) is 4.24. The molecule has 2 aromatic carbocycles. The third-order valence-electron chi connectivity index (χ3n) is 4.27. The van der Waals surface area contributed by atoms with Crippen LogP contribution in [0.25, 0.3) is 5.69 Å². The number of carbonyl (C=O) groups excluding carboxylic acids is 1. The van der Waals surface area contributed by atoms with Gasteiger partial charge in [-0.15, -0.1) is 11.8 Å². The van der Waals surface area contributed by atoms with Gasteiger partial charge < -0.3 is 5.32 Å². The van der Waals surface area contributed by atoms with Gasteiger partial charge >= 0.3 is 0 Å². The molecule has 4 rings (SSSR count). The van der Waals surface area contributed by atoms with E-state index in [4.69, 9.17) is 0 Å². The third kappa shape index (κ3) is 2.78. The maximum atomic E-state index is 14.5. The molecule has 0 fully saturated rings. The number of fused-ring (bicyclic) bond motifs is 1. The van der Waals surface area contributed by atoms with Gasteiger partial charge in [0.2, 0.25) is 5.91 Å². The molecule has 0 radical (unpaired) electrons. The predicted molar refractivity (Wildman–Crippen MR) is 97.6 cm³/mol. The second-order valence-corrected chi connectivity index (χ2v) is 7.07. The number of thioether (sulfide) groups is 1. The fraction of sp³-hybridized carbons (Fsp3) is 0.158. The smallest absolute Gasteiger partial charge is 0.235 e. The Labute approximate surface area is 153 Å². The summed E-state index contributed by atoms with van der Waals surface area (Å²) >= 11 is 1.26. The predicted octanol–water partition coefficient (Wildman–Crippen LogP) is 4.23. The molecule has 1 aromatic heterocycles. The van der Waals surface area contributed by atoms with Crippen LogP contribution in [0.3, 0.4) is 0 Å². The molecule has 0 bridgehead atoms. The quantitative estimate of drug-likeness (QED) is 0.733. The number of aryl methyl sites for hydroxylation is 1. The van der Waals surface area contributed by atoms with Gasteiger partial charge in [0.15, 0.2) is 11.6 Å². The molecule has 0 saturated heterocycles. The number of carbonyl (C=O) groups is 1. The zero-order valence-electron chi connectivity index (χ0n) is 13.9. The first-order valence-corrected chi connectivity index (χ1v) is 9.11. The topological polar surface area (TPSA) is 46.9 Å². The molecule has 0 aliphatic carbocycles. The lowest BCUT2D eigenvalue weighted by molar-refractivity contribution is -0.113. The number of benzene rings is 2. The van der Waals surface area contributed by atoms with Crippen LogP contribution in [0.1, 0.15) is 22.1 Å². The molecule has 0 saturated carbocycles. The molecule has 1 aliphatic heterocycles. The van der Waals surface area contributed by atoms with Crippen LogP contribution in [0.5, 0.6) is 0 Å². The highest BCUT2D eigenvalue weighted by molar-refractivity contribution is 8.00. The van der Waals surface area contributed by atoms with Crippen LogP contribution in [-0.4, -0.2) is 21.4 Å². The van der Waals surface area contributed by atoms with E-state index in [0.717, 1.165) is 11.8 Å². The molecule has 1 N–H and O–H groups in total. The van der Waals surface area contributed by atoms with Crippen LogP contribution >= 0.6 is 11.8 Å². The number of hydrogen-bond donors (Lipinski definition) is 1. The Morgan fingerprint density at radius 1 is 1.15 bits per heavy atom. The van der Waals surface area contributed by atoms with E-state index < -0.39 is 16.9 Å². The molecule has 1 aliphatic rings. The zero-order chi connectivity index (χ0) is 18.3. The summed E-state index contributed by atoms with van der Waals surface area (Å²) in [5, 5.41) is 6.88. The van der Waals surface area contributed by atoms with Gasteiger partial charge in [0, 0.05) is 11.1 Å². The maximum Gasteiger partial charge on any atom is 0.235 e. The van der Waals surface area contributed by atoms with Gasteiger partial charge in [0.05, 0.1) is 22.4 Å². The Hall–Kier alpha value is -2.67. The van der Waals surface area contributed by atoms with E-state index in [2.05, 4.69) is 10.4 Å². The van der Waals surface area contributed by atoms with Gasteiger partial charge in [0.25, 0.3) is 0 Å². The summed E-state index contributed by atoms with van der Waals surface area (Å²) in [4.78, 5) is 12.2. The SMILES string of the molecule is Cc1nn(-c2ccccc2)c2c1[C@@H](c1cccc(F)c1F)SCC(=O)N2. The second-order valence-electron chi connectivity index (χ2n) is 5.98. The molecule has 3 aromatic rings. The van der Waals surface area contributed by atoms with Gasteiger partial charge in [-0.3, -0.25) is 4.79 Å². The van der Waals surface area contributed by atoms with E-state index in [1.54, 1.807) is 17.7 Å². The van der Waals surface area contributed by atoms with Crippen molar-refractivity contribution in [1.82, 2.24) is 9.78 Å². The van der Waals surface area contributed by atoms with E-state index in [0.29, 0.717) is 17.1 Å². The van der Waals surface area contributed by atoms with E-state index in [1.165, 1.54) is 17.8 Å². The first kappa shape index (κ1) is 16.8. The number of halogens is 2. The minimum absolute atomic E-state index is 0.142. The first-order chi connectivity index (χ1) is 12.6. The number of aromatic nitrogens is 2. The molecular formula is C19H15F2N3OS. The van der Waals surface area contributed by atoms with Gasteiger partial charge in [0.1, 0.15) is 5.82 Å². The van der Waals surface area contributed by atoms with Gasteiger partial charge in [-0.05, 0) is 25.1 Å². The lowest BCUT2D eigenvalue weighted by Crippen LogP contribution is -2.15. The van der Waals surface area contributed by atoms with Crippen LogP contribution in [0.2, 0.25) is 0 Å². The number of nitrogens with one attached hydrogen (secondary N) is 1. The fourth-order valence-electron chi connectivity index (χ4n) is 3.11. The lowest BCUT2D eigenvalue weighted by Gasteiger charge is -2.16. The van der Waals surface area contributed by atoms with E-state index in [1.807, 2.05) is 30.3 Å². The minimum Gasteiger partial charge on any atom is -0.310 e. The highest BCUT2D eigenvalue weighted by atomic mass is 32.2. The average Bonchev–Trinajstić information content (AvgIpc) is 2.85. The maximum absolute atomic E-state index is 14.5. The molecule has 4 nitrogen and oxygen atoms in total. The van der Waals surface area contributed by atoms with Crippen LogP contribution in [0, 0.1) is 18.6 Å². The summed E-state index contributed by atoms with van der Waals surface area (Å²) in [5.41, 5.74) is 2.34. The summed E-state index contributed by atoms with van der Waals surface area (Å²) in [6, 6.07) is 13.5. The molecule has 0 unspecified atom stereocenters. The molecule has 2 heterocycles. The lowest BCUT2D eigenvalue weighted by atomic mass is 10.0. The van der Waals surface area contributed by atoms with Crippen LogP contribution in [0.15, 0.2) is 48.5 Å². The van der Waals surface area contributed by atoms with Crippen molar-refractivity contribution < 1.29 is 13.6 Å². The molecule has 1 amide bonds. The van der Waals surface area contributed by atoms with Crippen molar-refractivity contribution in [2.24, 2.45) is 0 Å². The molecule has 7 heteroatoms. The molecule has 1 atom stereocenters. The molecule has 132 valence electrons. The van der Waals surface area contributed by atoms with Crippen LogP contribution in [0.4, 0.5) is 14.6 Å². The van der Waals surface area contributed by atoms with Gasteiger partial charge in [-0.1, -0.05) is 30.3 Å². The number of nitrogens with zero attached hydrogens (tertiary/aromatic N) is 2. The number of para-hydroxylation sites is 1. The molecular weight excluding hydrogens is 356 g/mol. The van der Waals surface area contributed by atoms with Crippen molar-refractivity contribution in [1.29, 1.82) is 0 Å². The van der Waals surface area contributed by atoms with Crippen molar-refractivity contribution in [3.63, 3.8) is 0 Å². The summed E-state index contributed by atoms with van der Waals surface area (Å²) < 4.78 is 29.9. The summed E-state index contributed by atoms with van der Waals surface area (Å²) in [7, 11) is 0. The van der Waals surface area contributed by atoms with E-state index >= 15 is 0 Å².